The summed E-state index contributed by atoms with van der Waals surface area (Å²) in [4.78, 5) is 10.1. The molecule has 0 unspecified atom stereocenters. The number of carboxylic acids is 1. The summed E-state index contributed by atoms with van der Waals surface area (Å²) in [5.74, 6) is -0.666. The van der Waals surface area contributed by atoms with Crippen molar-refractivity contribution >= 4 is 5.97 Å². The molecule has 1 N–H and O–H groups in total. The first-order valence-electron chi connectivity index (χ1n) is 4.49. The largest absolute Gasteiger partial charge is 3.00 e. The van der Waals surface area contributed by atoms with Gasteiger partial charge in [-0.3, -0.25) is 4.79 Å². The van der Waals surface area contributed by atoms with E-state index < -0.39 is 5.97 Å². The number of rotatable bonds is 7. The molecule has 72 valence electrons. The van der Waals surface area contributed by atoms with Crippen LogP contribution >= 0.6 is 0 Å². The van der Waals surface area contributed by atoms with Crippen LogP contribution in [-0.4, -0.2) is 11.1 Å². The zero-order valence-electron chi connectivity index (χ0n) is 7.64. The standard InChI is InChI=1S/C9H18O2.Rh/c1-2-3-4-5-6-7-8-9(10)11;/h2-8H2,1H3,(H,10,11);/q;+3. The molecule has 0 aromatic carbocycles. The second-order valence-corrected chi connectivity index (χ2v) is 2.91. The monoisotopic (exact) mass is 261 g/mol. The molecule has 0 radical (unpaired) electrons. The molecule has 2 nitrogen and oxygen atoms in total. The van der Waals surface area contributed by atoms with Crippen molar-refractivity contribution < 1.29 is 29.4 Å². The summed E-state index contributed by atoms with van der Waals surface area (Å²) in [6.45, 7) is 2.18. The minimum absolute atomic E-state index is 0. The molecule has 3 heteroatoms. The number of unbranched alkanes of at least 4 members (excludes halogenated alkanes) is 5. The predicted molar refractivity (Wildman–Crippen MR) is 45.6 cm³/mol. The van der Waals surface area contributed by atoms with Gasteiger partial charge in [-0.05, 0) is 6.42 Å². The minimum atomic E-state index is -0.666. The zero-order valence-corrected chi connectivity index (χ0v) is 9.28. The van der Waals surface area contributed by atoms with Gasteiger partial charge >= 0.3 is 25.4 Å². The minimum Gasteiger partial charge on any atom is -0.481 e. The summed E-state index contributed by atoms with van der Waals surface area (Å²) in [6, 6.07) is 0. The van der Waals surface area contributed by atoms with Crippen LogP contribution in [0.3, 0.4) is 0 Å². The first-order valence-corrected chi connectivity index (χ1v) is 4.49. The maximum absolute atomic E-state index is 10.1. The predicted octanol–water partition coefficient (Wildman–Crippen LogP) is 2.82. The molecule has 0 fully saturated rings. The normalized spacial score (nSPS) is 9.08. The van der Waals surface area contributed by atoms with Gasteiger partial charge in [0.05, 0.1) is 0 Å². The van der Waals surface area contributed by atoms with Crippen molar-refractivity contribution in [3.8, 4) is 0 Å². The van der Waals surface area contributed by atoms with Gasteiger partial charge in [0.1, 0.15) is 0 Å². The van der Waals surface area contributed by atoms with Crippen molar-refractivity contribution in [2.45, 2.75) is 51.9 Å². The number of hydrogen-bond acceptors (Lipinski definition) is 1. The number of carbonyl (C=O) groups is 1. The van der Waals surface area contributed by atoms with E-state index in [2.05, 4.69) is 6.92 Å². The Labute approximate surface area is 87.5 Å². The van der Waals surface area contributed by atoms with Crippen molar-refractivity contribution in [3.63, 3.8) is 0 Å². The molecule has 0 aromatic rings. The van der Waals surface area contributed by atoms with E-state index in [1.165, 1.54) is 25.7 Å². The van der Waals surface area contributed by atoms with Gasteiger partial charge in [0, 0.05) is 6.42 Å². The van der Waals surface area contributed by atoms with E-state index in [4.69, 9.17) is 5.11 Å². The molecular weight excluding hydrogens is 243 g/mol. The molecule has 0 aliphatic carbocycles. The molecule has 0 amide bonds. The summed E-state index contributed by atoms with van der Waals surface area (Å²) >= 11 is 0. The summed E-state index contributed by atoms with van der Waals surface area (Å²) in [5.41, 5.74) is 0. The molecule has 0 aromatic heterocycles. The third-order valence-electron chi connectivity index (χ3n) is 1.74. The average Bonchev–Trinajstić information content (AvgIpc) is 1.96. The Morgan fingerprint density at radius 3 is 2.08 bits per heavy atom. The molecule has 0 bridgehead atoms. The summed E-state index contributed by atoms with van der Waals surface area (Å²) in [6.07, 6.45) is 7.25. The Balaban J connectivity index is 0. The van der Waals surface area contributed by atoms with Gasteiger partial charge in [-0.1, -0.05) is 39.0 Å². The van der Waals surface area contributed by atoms with E-state index in [1.807, 2.05) is 0 Å². The first kappa shape index (κ1) is 14.6. The SMILES string of the molecule is CCCCCCCCC(=O)O.[Rh+3]. The topological polar surface area (TPSA) is 37.3 Å². The maximum Gasteiger partial charge on any atom is 3.00 e. The molecule has 0 atom stereocenters. The van der Waals surface area contributed by atoms with E-state index in [-0.39, 0.29) is 19.5 Å². The van der Waals surface area contributed by atoms with Crippen LogP contribution in [0.5, 0.6) is 0 Å². The zero-order chi connectivity index (χ0) is 8.53. The second-order valence-electron chi connectivity index (χ2n) is 2.91. The van der Waals surface area contributed by atoms with Gasteiger partial charge in [0.15, 0.2) is 0 Å². The molecule has 0 saturated heterocycles. The molecule has 0 saturated carbocycles. The molecule has 0 aliphatic heterocycles. The molecule has 0 aliphatic rings. The van der Waals surface area contributed by atoms with Crippen molar-refractivity contribution in [2.75, 3.05) is 0 Å². The summed E-state index contributed by atoms with van der Waals surface area (Å²) < 4.78 is 0. The smallest absolute Gasteiger partial charge is 0.481 e. The first-order chi connectivity index (χ1) is 5.27. The van der Waals surface area contributed by atoms with E-state index in [9.17, 15) is 4.79 Å². The number of aliphatic carboxylic acids is 1. The molecule has 0 spiro atoms. The van der Waals surface area contributed by atoms with Gasteiger partial charge < -0.3 is 5.11 Å². The number of hydrogen-bond donors (Lipinski definition) is 1. The van der Waals surface area contributed by atoms with Crippen LogP contribution in [0.15, 0.2) is 0 Å². The van der Waals surface area contributed by atoms with Gasteiger partial charge in [-0.15, -0.1) is 0 Å². The van der Waals surface area contributed by atoms with Crippen LogP contribution < -0.4 is 0 Å². The molecule has 0 heterocycles. The second kappa shape index (κ2) is 11.1. The summed E-state index contributed by atoms with van der Waals surface area (Å²) in [5, 5.41) is 8.32. The van der Waals surface area contributed by atoms with E-state index in [1.54, 1.807) is 0 Å². The molecular formula is C9H18O2Rh+3. The Morgan fingerprint density at radius 2 is 1.58 bits per heavy atom. The van der Waals surface area contributed by atoms with Crippen LogP contribution in [0.1, 0.15) is 51.9 Å². The van der Waals surface area contributed by atoms with E-state index >= 15 is 0 Å². The van der Waals surface area contributed by atoms with E-state index in [0.29, 0.717) is 6.42 Å². The Morgan fingerprint density at radius 1 is 1.08 bits per heavy atom. The summed E-state index contributed by atoms with van der Waals surface area (Å²) in [7, 11) is 0. The Bertz CT molecular complexity index is 105. The van der Waals surface area contributed by atoms with Gasteiger partial charge in [-0.25, -0.2) is 0 Å². The van der Waals surface area contributed by atoms with Crippen molar-refractivity contribution in [3.05, 3.63) is 0 Å². The van der Waals surface area contributed by atoms with E-state index in [0.717, 1.165) is 12.8 Å². The Kier molecular flexibility index (Phi) is 13.5. The van der Waals surface area contributed by atoms with Crippen LogP contribution in [0, 0.1) is 0 Å². The van der Waals surface area contributed by atoms with Crippen LogP contribution in [0.4, 0.5) is 0 Å². The van der Waals surface area contributed by atoms with Gasteiger partial charge in [-0.2, -0.15) is 0 Å². The van der Waals surface area contributed by atoms with Crippen LogP contribution in [-0.2, 0) is 24.3 Å². The van der Waals surface area contributed by atoms with Gasteiger partial charge in [0.25, 0.3) is 0 Å². The molecule has 0 rings (SSSR count). The Hall–Kier alpha value is 0.0934. The van der Waals surface area contributed by atoms with Crippen molar-refractivity contribution in [1.82, 2.24) is 0 Å². The fourth-order valence-corrected chi connectivity index (χ4v) is 1.06. The van der Waals surface area contributed by atoms with Crippen LogP contribution in [0.25, 0.3) is 0 Å². The molecule has 12 heavy (non-hydrogen) atoms. The maximum atomic E-state index is 10.1. The van der Waals surface area contributed by atoms with Crippen molar-refractivity contribution in [1.29, 1.82) is 0 Å². The fraction of sp³-hybridized carbons (Fsp3) is 0.889. The third kappa shape index (κ3) is 12.7. The quantitative estimate of drug-likeness (QED) is 0.565. The number of carboxylic acid groups (broad SMARTS) is 1. The fourth-order valence-electron chi connectivity index (χ4n) is 1.06. The average molecular weight is 261 g/mol. The van der Waals surface area contributed by atoms with Gasteiger partial charge in [0.2, 0.25) is 0 Å². The van der Waals surface area contributed by atoms with Crippen molar-refractivity contribution in [2.24, 2.45) is 0 Å². The van der Waals surface area contributed by atoms with Crippen LogP contribution in [0.2, 0.25) is 0 Å². The third-order valence-corrected chi connectivity index (χ3v) is 1.74.